The van der Waals surface area contributed by atoms with E-state index in [4.69, 9.17) is 16.3 Å². The van der Waals surface area contributed by atoms with Gasteiger partial charge in [0.2, 0.25) is 5.88 Å². The van der Waals surface area contributed by atoms with Gasteiger partial charge in [0.1, 0.15) is 0 Å². The first-order valence-corrected chi connectivity index (χ1v) is 10.1. The second kappa shape index (κ2) is 8.57. The number of para-hydroxylation sites is 1. The van der Waals surface area contributed by atoms with E-state index in [-0.39, 0.29) is 18.3 Å². The van der Waals surface area contributed by atoms with E-state index in [1.165, 1.54) is 0 Å². The zero-order chi connectivity index (χ0) is 18.1. The van der Waals surface area contributed by atoms with Crippen molar-refractivity contribution in [2.75, 3.05) is 19.4 Å². The molecule has 2 aromatic carbocycles. The maximum Gasteiger partial charge on any atom is 0.265 e. The van der Waals surface area contributed by atoms with Crippen molar-refractivity contribution in [1.82, 2.24) is 9.29 Å². The summed E-state index contributed by atoms with van der Waals surface area (Å²) in [5.41, 5.74) is 2.59. The van der Waals surface area contributed by atoms with Gasteiger partial charge in [-0.25, -0.2) is 4.57 Å². The first-order valence-electron chi connectivity index (χ1n) is 8.53. The highest BCUT2D eigenvalue weighted by Gasteiger charge is 2.31. The van der Waals surface area contributed by atoms with E-state index in [1.54, 1.807) is 40.8 Å². The summed E-state index contributed by atoms with van der Waals surface area (Å²) in [5, 5.41) is 1.69. The van der Waals surface area contributed by atoms with E-state index in [9.17, 15) is 4.79 Å². The van der Waals surface area contributed by atoms with E-state index < -0.39 is 0 Å². The van der Waals surface area contributed by atoms with Crippen LogP contribution in [0.5, 0.6) is 5.88 Å². The lowest BCUT2D eigenvalue weighted by atomic mass is 9.94. The van der Waals surface area contributed by atoms with Crippen molar-refractivity contribution in [2.45, 2.75) is 12.3 Å². The average molecular weight is 423 g/mol. The standard InChI is InChI=1S/C20H19ClN2O2S.ClH/c1-26-22-12-14-10-11-25-20-18(14)16-4-2-3-5-17(16)23(20)19(24)13-6-8-15(21)9-7-13;/h2-9,14,22H,10-12H2,1H3;1H. The monoisotopic (exact) mass is 422 g/mol. The fourth-order valence-corrected chi connectivity index (χ4v) is 4.03. The predicted octanol–water partition coefficient (Wildman–Crippen LogP) is 5.14. The summed E-state index contributed by atoms with van der Waals surface area (Å²) in [7, 11) is 0. The van der Waals surface area contributed by atoms with Crippen LogP contribution in [0, 0.1) is 0 Å². The fourth-order valence-electron chi connectivity index (χ4n) is 3.53. The van der Waals surface area contributed by atoms with Gasteiger partial charge in [0.05, 0.1) is 12.1 Å². The lowest BCUT2D eigenvalue weighted by Gasteiger charge is -2.24. The molecule has 1 aromatic heterocycles. The normalized spacial score (nSPS) is 15.7. The Hall–Kier alpha value is -1.66. The SMILES string of the molecule is CSNCC1CCOc2c1c1ccccc1n2C(=O)c1ccc(Cl)cc1.Cl. The maximum absolute atomic E-state index is 13.2. The van der Waals surface area contributed by atoms with Gasteiger partial charge in [-0.15, -0.1) is 12.4 Å². The zero-order valence-corrected chi connectivity index (χ0v) is 17.2. The van der Waals surface area contributed by atoms with Crippen LogP contribution in [0.4, 0.5) is 0 Å². The number of carbonyl (C=O) groups is 1. The molecule has 4 rings (SSSR count). The molecule has 4 nitrogen and oxygen atoms in total. The first kappa shape index (κ1) is 20.1. The van der Waals surface area contributed by atoms with Crippen molar-refractivity contribution >= 4 is 52.8 Å². The van der Waals surface area contributed by atoms with Crippen LogP contribution in [0.1, 0.15) is 28.3 Å². The molecule has 1 aliphatic rings. The molecule has 1 atom stereocenters. The second-order valence-corrected chi connectivity index (χ2v) is 7.40. The lowest BCUT2D eigenvalue weighted by molar-refractivity contribution is 0.0948. The Balaban J connectivity index is 0.00000210. The van der Waals surface area contributed by atoms with E-state index in [0.717, 1.165) is 29.4 Å². The average Bonchev–Trinajstić information content (AvgIpc) is 3.01. The fraction of sp³-hybridized carbons (Fsp3) is 0.250. The summed E-state index contributed by atoms with van der Waals surface area (Å²) in [4.78, 5) is 13.2. The number of halogens is 2. The zero-order valence-electron chi connectivity index (χ0n) is 14.8. The van der Waals surface area contributed by atoms with Crippen LogP contribution in [0.15, 0.2) is 48.5 Å². The van der Waals surface area contributed by atoms with Crippen molar-refractivity contribution < 1.29 is 9.53 Å². The number of fused-ring (bicyclic) bond motifs is 3. The molecule has 0 radical (unpaired) electrons. The summed E-state index contributed by atoms with van der Waals surface area (Å²) in [6.07, 6.45) is 2.96. The number of ether oxygens (including phenoxy) is 1. The van der Waals surface area contributed by atoms with Gasteiger partial charge in [-0.3, -0.25) is 9.52 Å². The minimum absolute atomic E-state index is 0. The molecule has 0 aliphatic carbocycles. The minimum atomic E-state index is -0.0995. The van der Waals surface area contributed by atoms with Gasteiger partial charge in [-0.05, 0) is 43.0 Å². The summed E-state index contributed by atoms with van der Waals surface area (Å²) in [6.45, 7) is 1.46. The van der Waals surface area contributed by atoms with Gasteiger partial charge in [0.15, 0.2) is 0 Å². The highest BCUT2D eigenvalue weighted by Crippen LogP contribution is 2.42. The van der Waals surface area contributed by atoms with E-state index >= 15 is 0 Å². The van der Waals surface area contributed by atoms with Gasteiger partial charge < -0.3 is 4.74 Å². The van der Waals surface area contributed by atoms with Crippen LogP contribution < -0.4 is 9.46 Å². The third kappa shape index (κ3) is 3.69. The van der Waals surface area contributed by atoms with Crippen LogP contribution in [-0.2, 0) is 0 Å². The molecule has 0 amide bonds. The number of hydrogen-bond donors (Lipinski definition) is 1. The molecule has 1 unspecified atom stereocenters. The number of nitrogens with one attached hydrogen (secondary N) is 1. The van der Waals surface area contributed by atoms with Crippen molar-refractivity contribution in [2.24, 2.45) is 0 Å². The number of carbonyl (C=O) groups excluding carboxylic acids is 1. The number of rotatable bonds is 4. The lowest BCUT2D eigenvalue weighted by Crippen LogP contribution is -2.24. The molecular formula is C20H20Cl2N2O2S. The molecule has 7 heteroatoms. The molecule has 2 heterocycles. The highest BCUT2D eigenvalue weighted by molar-refractivity contribution is 7.96. The Morgan fingerprint density at radius 1 is 1.26 bits per heavy atom. The van der Waals surface area contributed by atoms with Gasteiger partial charge in [0.25, 0.3) is 5.91 Å². The van der Waals surface area contributed by atoms with Crippen molar-refractivity contribution in [3.63, 3.8) is 0 Å². The minimum Gasteiger partial charge on any atom is -0.478 e. The summed E-state index contributed by atoms with van der Waals surface area (Å²) < 4.78 is 11.1. The number of hydrogen-bond acceptors (Lipinski definition) is 4. The van der Waals surface area contributed by atoms with Crippen LogP contribution in [-0.4, -0.2) is 29.9 Å². The Bertz CT molecular complexity index is 957. The van der Waals surface area contributed by atoms with Crippen LogP contribution >= 0.6 is 36.0 Å². The Labute approximate surface area is 173 Å². The number of benzene rings is 2. The topological polar surface area (TPSA) is 43.3 Å². The molecule has 0 saturated carbocycles. The molecule has 0 bridgehead atoms. The summed E-state index contributed by atoms with van der Waals surface area (Å²) >= 11 is 7.58. The Morgan fingerprint density at radius 3 is 2.74 bits per heavy atom. The quantitative estimate of drug-likeness (QED) is 0.591. The number of nitrogens with zero attached hydrogens (tertiary/aromatic N) is 1. The molecule has 0 fully saturated rings. The van der Waals surface area contributed by atoms with Crippen molar-refractivity contribution in [3.05, 3.63) is 64.7 Å². The van der Waals surface area contributed by atoms with Crippen LogP contribution in [0.25, 0.3) is 10.9 Å². The molecule has 3 aromatic rings. The van der Waals surface area contributed by atoms with E-state index in [2.05, 4.69) is 10.8 Å². The van der Waals surface area contributed by atoms with Gasteiger partial charge in [-0.1, -0.05) is 41.7 Å². The van der Waals surface area contributed by atoms with E-state index in [1.807, 2.05) is 24.5 Å². The molecular weight excluding hydrogens is 403 g/mol. The molecule has 0 saturated heterocycles. The molecule has 142 valence electrons. The smallest absolute Gasteiger partial charge is 0.265 e. The second-order valence-electron chi connectivity index (χ2n) is 6.27. The summed E-state index contributed by atoms with van der Waals surface area (Å²) in [6, 6.07) is 15.0. The van der Waals surface area contributed by atoms with Crippen molar-refractivity contribution in [1.29, 1.82) is 0 Å². The maximum atomic E-state index is 13.2. The van der Waals surface area contributed by atoms with Crippen LogP contribution in [0.2, 0.25) is 5.02 Å². The molecule has 27 heavy (non-hydrogen) atoms. The van der Waals surface area contributed by atoms with Gasteiger partial charge >= 0.3 is 0 Å². The largest absolute Gasteiger partial charge is 0.478 e. The molecule has 0 spiro atoms. The molecule has 1 aliphatic heterocycles. The predicted molar refractivity (Wildman–Crippen MR) is 115 cm³/mol. The van der Waals surface area contributed by atoms with Crippen molar-refractivity contribution in [3.8, 4) is 5.88 Å². The third-order valence-electron chi connectivity index (χ3n) is 4.75. The first-order chi connectivity index (χ1) is 12.7. The molecule has 1 N–H and O–H groups in total. The number of aromatic nitrogens is 1. The van der Waals surface area contributed by atoms with E-state index in [0.29, 0.717) is 29.0 Å². The van der Waals surface area contributed by atoms with Crippen LogP contribution in [0.3, 0.4) is 0 Å². The Kier molecular flexibility index (Phi) is 6.37. The summed E-state index contributed by atoms with van der Waals surface area (Å²) in [5.74, 6) is 0.887. The third-order valence-corrected chi connectivity index (χ3v) is 5.46. The Morgan fingerprint density at radius 2 is 2.00 bits per heavy atom. The highest BCUT2D eigenvalue weighted by atomic mass is 35.5. The van der Waals surface area contributed by atoms with Gasteiger partial charge in [0, 0.05) is 34.0 Å². The van der Waals surface area contributed by atoms with Gasteiger partial charge in [-0.2, -0.15) is 0 Å².